The predicted molar refractivity (Wildman–Crippen MR) is 78.0 cm³/mol. The molecule has 2 rings (SSSR count). The molecule has 1 aromatic rings. The fourth-order valence-electron chi connectivity index (χ4n) is 3.20. The molecule has 1 aliphatic rings. The van der Waals surface area contributed by atoms with Crippen LogP contribution in [-0.2, 0) is 4.74 Å². The van der Waals surface area contributed by atoms with E-state index in [1.807, 2.05) is 20.2 Å². The summed E-state index contributed by atoms with van der Waals surface area (Å²) in [5, 5.41) is 3.56. The summed E-state index contributed by atoms with van der Waals surface area (Å²) >= 11 is 0. The van der Waals surface area contributed by atoms with Crippen molar-refractivity contribution in [2.75, 3.05) is 19.4 Å². The zero-order valence-corrected chi connectivity index (χ0v) is 12.2. The highest BCUT2D eigenvalue weighted by Crippen LogP contribution is 2.43. The van der Waals surface area contributed by atoms with Gasteiger partial charge in [-0.05, 0) is 37.9 Å². The normalized spacial score (nSPS) is 19.5. The summed E-state index contributed by atoms with van der Waals surface area (Å²) in [5.74, 6) is 0.611. The Morgan fingerprint density at radius 2 is 2.16 bits per heavy atom. The van der Waals surface area contributed by atoms with E-state index in [-0.39, 0.29) is 11.6 Å². The average Bonchev–Trinajstić information content (AvgIpc) is 2.89. The summed E-state index contributed by atoms with van der Waals surface area (Å²) in [6.45, 7) is 5.06. The lowest BCUT2D eigenvalue weighted by Gasteiger charge is -2.37. The van der Waals surface area contributed by atoms with E-state index in [2.05, 4.69) is 23.3 Å². The number of nitrogen functional groups attached to an aromatic ring is 1. The maximum Gasteiger partial charge on any atom is 0.128 e. The van der Waals surface area contributed by atoms with Crippen LogP contribution in [0.3, 0.4) is 0 Å². The predicted octanol–water partition coefficient (Wildman–Crippen LogP) is 2.58. The third kappa shape index (κ3) is 2.74. The van der Waals surface area contributed by atoms with E-state index in [1.54, 1.807) is 0 Å². The number of aromatic nitrogens is 1. The van der Waals surface area contributed by atoms with Gasteiger partial charge in [-0.3, -0.25) is 0 Å². The van der Waals surface area contributed by atoms with Gasteiger partial charge in [-0.15, -0.1) is 0 Å². The van der Waals surface area contributed by atoms with Crippen LogP contribution < -0.4 is 11.1 Å². The van der Waals surface area contributed by atoms with Crippen LogP contribution in [0.1, 0.15) is 49.8 Å². The summed E-state index contributed by atoms with van der Waals surface area (Å²) < 4.78 is 5.92. The van der Waals surface area contributed by atoms with Gasteiger partial charge in [0.15, 0.2) is 0 Å². The van der Waals surface area contributed by atoms with Gasteiger partial charge in [0.2, 0.25) is 0 Å². The highest BCUT2D eigenvalue weighted by atomic mass is 16.5. The lowest BCUT2D eigenvalue weighted by molar-refractivity contribution is -0.0363. The first-order chi connectivity index (χ1) is 9.13. The number of hydrogen-bond acceptors (Lipinski definition) is 4. The van der Waals surface area contributed by atoms with Gasteiger partial charge in [-0.25, -0.2) is 4.98 Å². The van der Waals surface area contributed by atoms with Crippen LogP contribution in [0.2, 0.25) is 0 Å². The maximum atomic E-state index is 6.10. The van der Waals surface area contributed by atoms with Crippen LogP contribution in [0, 0.1) is 6.92 Å². The zero-order chi connectivity index (χ0) is 13.9. The van der Waals surface area contributed by atoms with E-state index in [4.69, 9.17) is 10.5 Å². The number of aryl methyl sites for hydroxylation is 1. The first-order valence-corrected chi connectivity index (χ1v) is 7.13. The molecule has 1 aliphatic carbocycles. The van der Waals surface area contributed by atoms with E-state index in [1.165, 1.54) is 12.8 Å². The molecule has 106 valence electrons. The molecule has 0 bridgehead atoms. The van der Waals surface area contributed by atoms with Crippen molar-refractivity contribution in [1.29, 1.82) is 0 Å². The molecule has 1 heterocycles. The highest BCUT2D eigenvalue weighted by Gasteiger charge is 2.42. The van der Waals surface area contributed by atoms with Crippen molar-refractivity contribution in [2.45, 2.75) is 51.2 Å². The van der Waals surface area contributed by atoms with Gasteiger partial charge in [0, 0.05) is 18.9 Å². The minimum Gasteiger partial charge on any atom is -0.383 e. The highest BCUT2D eigenvalue weighted by molar-refractivity contribution is 5.44. The summed E-state index contributed by atoms with van der Waals surface area (Å²) in [6, 6.07) is 2.26. The Morgan fingerprint density at radius 3 is 2.74 bits per heavy atom. The minimum absolute atomic E-state index is 0.123. The first kappa shape index (κ1) is 14.3. The summed E-state index contributed by atoms with van der Waals surface area (Å²) in [6.07, 6.45) is 6.41. The Bertz CT molecular complexity index is 427. The smallest absolute Gasteiger partial charge is 0.128 e. The maximum absolute atomic E-state index is 6.10. The second-order valence-electron chi connectivity index (χ2n) is 5.45. The summed E-state index contributed by atoms with van der Waals surface area (Å²) in [7, 11) is 1.81. The van der Waals surface area contributed by atoms with Crippen molar-refractivity contribution in [1.82, 2.24) is 10.3 Å². The second-order valence-corrected chi connectivity index (χ2v) is 5.45. The third-order valence-corrected chi connectivity index (χ3v) is 4.19. The average molecular weight is 263 g/mol. The molecular formula is C15H25N3O. The van der Waals surface area contributed by atoms with Gasteiger partial charge in [-0.1, -0.05) is 19.8 Å². The van der Waals surface area contributed by atoms with Crippen LogP contribution in [-0.4, -0.2) is 24.2 Å². The second kappa shape index (κ2) is 5.88. The zero-order valence-electron chi connectivity index (χ0n) is 12.2. The van der Waals surface area contributed by atoms with E-state index >= 15 is 0 Å². The molecule has 4 heteroatoms. The van der Waals surface area contributed by atoms with Gasteiger partial charge in [0.1, 0.15) is 5.82 Å². The molecule has 3 N–H and O–H groups in total. The molecule has 1 aromatic heterocycles. The lowest BCUT2D eigenvalue weighted by atomic mass is 9.86. The molecular weight excluding hydrogens is 238 g/mol. The number of anilines is 1. The molecule has 19 heavy (non-hydrogen) atoms. The molecule has 1 atom stereocenters. The molecule has 0 radical (unpaired) electrons. The van der Waals surface area contributed by atoms with Crippen LogP contribution in [0.25, 0.3) is 0 Å². The van der Waals surface area contributed by atoms with Crippen molar-refractivity contribution < 1.29 is 4.74 Å². The van der Waals surface area contributed by atoms with Crippen LogP contribution >= 0.6 is 0 Å². The van der Waals surface area contributed by atoms with Crippen molar-refractivity contribution in [3.8, 4) is 0 Å². The van der Waals surface area contributed by atoms with Crippen LogP contribution in [0.5, 0.6) is 0 Å². The molecule has 0 amide bonds. The summed E-state index contributed by atoms with van der Waals surface area (Å²) in [5.41, 5.74) is 8.17. The number of nitrogens with zero attached hydrogens (tertiary/aromatic N) is 1. The molecule has 1 saturated carbocycles. The van der Waals surface area contributed by atoms with E-state index in [9.17, 15) is 0 Å². The quantitative estimate of drug-likeness (QED) is 0.857. The van der Waals surface area contributed by atoms with Crippen LogP contribution in [0.15, 0.2) is 12.3 Å². The van der Waals surface area contributed by atoms with Crippen molar-refractivity contribution >= 4 is 5.82 Å². The van der Waals surface area contributed by atoms with Crippen LogP contribution in [0.4, 0.5) is 5.82 Å². The SMILES string of the molecule is CCNC(c1cc(C)cnc1N)C1(OC)CCCC1. The Kier molecular flexibility index (Phi) is 4.42. The molecule has 0 spiro atoms. The Hall–Kier alpha value is -1.13. The van der Waals surface area contributed by atoms with E-state index < -0.39 is 0 Å². The lowest BCUT2D eigenvalue weighted by Crippen LogP contribution is -2.44. The molecule has 0 saturated heterocycles. The fourth-order valence-corrected chi connectivity index (χ4v) is 3.20. The van der Waals surface area contributed by atoms with Gasteiger partial charge in [0.05, 0.1) is 11.6 Å². The van der Waals surface area contributed by atoms with E-state index in [0.717, 1.165) is 30.5 Å². The number of likely N-dealkylation sites (N-methyl/N-ethyl adjacent to an activating group) is 1. The topological polar surface area (TPSA) is 60.2 Å². The van der Waals surface area contributed by atoms with Gasteiger partial charge >= 0.3 is 0 Å². The van der Waals surface area contributed by atoms with Crippen molar-refractivity contribution in [3.05, 3.63) is 23.4 Å². The van der Waals surface area contributed by atoms with Gasteiger partial charge in [-0.2, -0.15) is 0 Å². The number of methoxy groups -OCH3 is 1. The number of pyridine rings is 1. The molecule has 0 aromatic carbocycles. The Morgan fingerprint density at radius 1 is 1.47 bits per heavy atom. The third-order valence-electron chi connectivity index (χ3n) is 4.19. The minimum atomic E-state index is -0.139. The van der Waals surface area contributed by atoms with Crippen molar-refractivity contribution in [2.24, 2.45) is 0 Å². The fraction of sp³-hybridized carbons (Fsp3) is 0.667. The molecule has 4 nitrogen and oxygen atoms in total. The Labute approximate surface area is 115 Å². The Balaban J connectivity index is 2.41. The number of nitrogens with two attached hydrogens (primary N) is 1. The molecule has 0 aliphatic heterocycles. The number of hydrogen-bond donors (Lipinski definition) is 2. The molecule has 1 fully saturated rings. The number of nitrogens with one attached hydrogen (secondary N) is 1. The van der Waals surface area contributed by atoms with Crippen molar-refractivity contribution in [3.63, 3.8) is 0 Å². The molecule has 1 unspecified atom stereocenters. The number of rotatable bonds is 5. The van der Waals surface area contributed by atoms with Gasteiger partial charge < -0.3 is 15.8 Å². The largest absolute Gasteiger partial charge is 0.383 e. The van der Waals surface area contributed by atoms with E-state index in [0.29, 0.717) is 5.82 Å². The first-order valence-electron chi connectivity index (χ1n) is 7.13. The monoisotopic (exact) mass is 263 g/mol. The number of ether oxygens (including phenoxy) is 1. The standard InChI is InChI=1S/C15H25N3O/c1-4-17-13(15(19-3)7-5-6-8-15)12-9-11(2)10-18-14(12)16/h9-10,13,17H,4-8H2,1-3H3,(H2,16,18). The van der Waals surface area contributed by atoms with Gasteiger partial charge in [0.25, 0.3) is 0 Å². The summed E-state index contributed by atoms with van der Waals surface area (Å²) in [4.78, 5) is 4.30.